The minimum atomic E-state index is -3.07. The lowest BCUT2D eigenvalue weighted by atomic mass is 10.00. The van der Waals surface area contributed by atoms with Crippen molar-refractivity contribution in [3.05, 3.63) is 42.2 Å². The molecule has 1 aromatic carbocycles. The van der Waals surface area contributed by atoms with Gasteiger partial charge in [-0.05, 0) is 43.9 Å². The van der Waals surface area contributed by atoms with Crippen LogP contribution in [-0.2, 0) is 4.74 Å². The largest absolute Gasteiger partial charge is 0.496 e. The number of nitrogens with zero attached hydrogens (tertiary/aromatic N) is 2. The molecule has 0 spiro atoms. The lowest BCUT2D eigenvalue weighted by Gasteiger charge is -2.16. The number of rotatable bonds is 12. The summed E-state index contributed by atoms with van der Waals surface area (Å²) < 4.78 is 49.3. The molecule has 33 heavy (non-hydrogen) atoms. The van der Waals surface area contributed by atoms with Crippen molar-refractivity contribution in [2.24, 2.45) is 5.92 Å². The highest BCUT2D eigenvalue weighted by atomic mass is 19.3. The number of fused-ring (bicyclic) bond motifs is 1. The monoisotopic (exact) mass is 460 g/mol. The van der Waals surface area contributed by atoms with Crippen molar-refractivity contribution in [1.29, 1.82) is 0 Å². The average Bonchev–Trinajstić information content (AvgIpc) is 3.50. The van der Waals surface area contributed by atoms with Gasteiger partial charge in [0.1, 0.15) is 35.1 Å². The van der Waals surface area contributed by atoms with Crippen LogP contribution < -0.4 is 14.2 Å². The van der Waals surface area contributed by atoms with Crippen molar-refractivity contribution in [3.63, 3.8) is 0 Å². The zero-order valence-corrected chi connectivity index (χ0v) is 18.6. The molecule has 9 heteroatoms. The second-order valence-electron chi connectivity index (χ2n) is 7.78. The number of ketones is 1. The topological polar surface area (TPSA) is 71.3 Å². The normalized spacial score (nSPS) is 13.5. The second kappa shape index (κ2) is 10.2. The van der Waals surface area contributed by atoms with Crippen LogP contribution in [0.2, 0.25) is 0 Å². The van der Waals surface area contributed by atoms with Crippen LogP contribution in [0.1, 0.15) is 36.5 Å². The Morgan fingerprint density at radius 3 is 2.70 bits per heavy atom. The Hall–Kier alpha value is -3.20. The summed E-state index contributed by atoms with van der Waals surface area (Å²) >= 11 is 0. The Kier molecular flexibility index (Phi) is 7.08. The number of aromatic nitrogens is 2. The SMILES string of the molecule is CCOCCOc1ccn2c(-c3cc(OC)c(C(=O)CC4CC4)c(OC(F)F)c3)cnc2c1. The van der Waals surface area contributed by atoms with Crippen LogP contribution in [0.5, 0.6) is 17.2 Å². The molecule has 0 radical (unpaired) electrons. The fourth-order valence-electron chi connectivity index (χ4n) is 3.68. The van der Waals surface area contributed by atoms with Gasteiger partial charge in [0.2, 0.25) is 0 Å². The average molecular weight is 460 g/mol. The Balaban J connectivity index is 1.68. The van der Waals surface area contributed by atoms with Crippen LogP contribution in [0.3, 0.4) is 0 Å². The third kappa shape index (κ3) is 5.42. The van der Waals surface area contributed by atoms with Crippen molar-refractivity contribution in [2.45, 2.75) is 32.8 Å². The van der Waals surface area contributed by atoms with E-state index in [1.54, 1.807) is 35.0 Å². The first-order valence-corrected chi connectivity index (χ1v) is 10.9. The first-order chi connectivity index (χ1) is 16.0. The van der Waals surface area contributed by atoms with E-state index in [2.05, 4.69) is 4.98 Å². The maximum absolute atomic E-state index is 13.2. The lowest BCUT2D eigenvalue weighted by molar-refractivity contribution is -0.0502. The van der Waals surface area contributed by atoms with E-state index in [0.717, 1.165) is 12.8 Å². The number of halogens is 2. The standard InChI is InChI=1S/C24H26F2N2O5/c1-3-31-8-9-32-17-6-7-28-18(14-27-22(28)13-17)16-11-20(30-2)23(19(29)10-15-4-5-15)21(12-16)33-24(25)26/h6-7,11-15,24H,3-5,8-10H2,1-2H3. The van der Waals surface area contributed by atoms with Gasteiger partial charge in [-0.15, -0.1) is 0 Å². The highest BCUT2D eigenvalue weighted by molar-refractivity contribution is 6.02. The number of benzene rings is 1. The van der Waals surface area contributed by atoms with E-state index in [4.69, 9.17) is 18.9 Å². The molecule has 0 amide bonds. The summed E-state index contributed by atoms with van der Waals surface area (Å²) in [4.78, 5) is 17.2. The second-order valence-corrected chi connectivity index (χ2v) is 7.78. The van der Waals surface area contributed by atoms with Crippen molar-refractivity contribution >= 4 is 11.4 Å². The summed E-state index contributed by atoms with van der Waals surface area (Å²) in [5, 5.41) is 0. The highest BCUT2D eigenvalue weighted by Gasteiger charge is 2.29. The molecule has 1 aliphatic carbocycles. The van der Waals surface area contributed by atoms with Gasteiger partial charge >= 0.3 is 6.61 Å². The van der Waals surface area contributed by atoms with Crippen molar-refractivity contribution in [2.75, 3.05) is 26.9 Å². The van der Waals surface area contributed by atoms with Gasteiger partial charge in [-0.3, -0.25) is 9.20 Å². The molecule has 1 aliphatic rings. The van der Waals surface area contributed by atoms with E-state index in [1.165, 1.54) is 13.2 Å². The zero-order chi connectivity index (χ0) is 23.4. The predicted octanol–water partition coefficient (Wildman–Crippen LogP) is 5.01. The van der Waals surface area contributed by atoms with E-state index < -0.39 is 6.61 Å². The molecule has 0 atom stereocenters. The maximum Gasteiger partial charge on any atom is 0.387 e. The molecule has 4 rings (SSSR count). The van der Waals surface area contributed by atoms with Crippen LogP contribution in [0, 0.1) is 5.92 Å². The van der Waals surface area contributed by atoms with Crippen molar-refractivity contribution in [1.82, 2.24) is 9.38 Å². The summed E-state index contributed by atoms with van der Waals surface area (Å²) in [5.41, 5.74) is 1.82. The van der Waals surface area contributed by atoms with Gasteiger partial charge in [-0.2, -0.15) is 8.78 Å². The molecule has 1 fully saturated rings. The fraction of sp³-hybridized carbons (Fsp3) is 0.417. The molecule has 7 nitrogen and oxygen atoms in total. The number of carbonyl (C=O) groups is 1. The van der Waals surface area contributed by atoms with E-state index in [0.29, 0.717) is 48.4 Å². The van der Waals surface area contributed by atoms with E-state index in [1.807, 2.05) is 6.92 Å². The minimum Gasteiger partial charge on any atom is -0.496 e. The summed E-state index contributed by atoms with van der Waals surface area (Å²) in [6, 6.07) is 6.64. The number of methoxy groups -OCH3 is 1. The highest BCUT2D eigenvalue weighted by Crippen LogP contribution is 2.40. The van der Waals surface area contributed by atoms with Crippen molar-refractivity contribution < 1.29 is 32.5 Å². The Morgan fingerprint density at radius 2 is 2.00 bits per heavy atom. The molecule has 0 saturated heterocycles. The third-order valence-electron chi connectivity index (χ3n) is 5.43. The number of pyridine rings is 1. The predicted molar refractivity (Wildman–Crippen MR) is 117 cm³/mol. The van der Waals surface area contributed by atoms with Gasteiger partial charge < -0.3 is 18.9 Å². The van der Waals surface area contributed by atoms with Gasteiger partial charge in [0, 0.05) is 30.9 Å². The molecule has 2 heterocycles. The number of carbonyl (C=O) groups excluding carboxylic acids is 1. The number of hydrogen-bond acceptors (Lipinski definition) is 6. The number of alkyl halides is 2. The smallest absolute Gasteiger partial charge is 0.387 e. The molecule has 3 aromatic rings. The Bertz CT molecular complexity index is 1130. The summed E-state index contributed by atoms with van der Waals surface area (Å²) in [6.45, 7) is 0.369. The number of hydrogen-bond donors (Lipinski definition) is 0. The van der Waals surface area contributed by atoms with Crippen LogP contribution in [-0.4, -0.2) is 48.7 Å². The molecule has 0 bridgehead atoms. The quantitative estimate of drug-likeness (QED) is 0.280. The van der Waals surface area contributed by atoms with Gasteiger partial charge in [0.05, 0.1) is 25.6 Å². The van der Waals surface area contributed by atoms with Crippen LogP contribution in [0.25, 0.3) is 16.9 Å². The molecule has 0 unspecified atom stereocenters. The summed E-state index contributed by atoms with van der Waals surface area (Å²) in [5.74, 6) is 0.670. The molecule has 2 aromatic heterocycles. The Labute approximate surface area is 190 Å². The van der Waals surface area contributed by atoms with Gasteiger partial charge in [-0.25, -0.2) is 4.98 Å². The Morgan fingerprint density at radius 1 is 1.21 bits per heavy atom. The van der Waals surface area contributed by atoms with E-state index >= 15 is 0 Å². The molecule has 176 valence electrons. The number of Topliss-reactive ketones (excluding diaryl/α,β-unsaturated/α-hetero) is 1. The van der Waals surface area contributed by atoms with Crippen LogP contribution in [0.4, 0.5) is 8.78 Å². The van der Waals surface area contributed by atoms with E-state index in [9.17, 15) is 13.6 Å². The first kappa shape index (κ1) is 23.0. The zero-order valence-electron chi connectivity index (χ0n) is 18.6. The lowest BCUT2D eigenvalue weighted by Crippen LogP contribution is -2.11. The van der Waals surface area contributed by atoms with Crippen molar-refractivity contribution in [3.8, 4) is 28.5 Å². The number of ether oxygens (including phenoxy) is 4. The number of imidazole rings is 1. The van der Waals surface area contributed by atoms with E-state index in [-0.39, 0.29) is 29.3 Å². The summed E-state index contributed by atoms with van der Waals surface area (Å²) in [6.07, 6.45) is 5.62. The first-order valence-electron chi connectivity index (χ1n) is 10.9. The maximum atomic E-state index is 13.2. The fourth-order valence-corrected chi connectivity index (χ4v) is 3.68. The van der Waals surface area contributed by atoms with Crippen LogP contribution in [0.15, 0.2) is 36.7 Å². The molecule has 1 saturated carbocycles. The third-order valence-corrected chi connectivity index (χ3v) is 5.43. The molecular weight excluding hydrogens is 434 g/mol. The van der Waals surface area contributed by atoms with Crippen LogP contribution >= 0.6 is 0 Å². The molecular formula is C24H26F2N2O5. The van der Waals surface area contributed by atoms with Gasteiger partial charge in [0.25, 0.3) is 0 Å². The van der Waals surface area contributed by atoms with Gasteiger partial charge in [-0.1, -0.05) is 0 Å². The van der Waals surface area contributed by atoms with Gasteiger partial charge in [0.15, 0.2) is 5.78 Å². The molecule has 0 N–H and O–H groups in total. The minimum absolute atomic E-state index is 0.0484. The molecule has 0 aliphatic heterocycles. The summed E-state index contributed by atoms with van der Waals surface area (Å²) in [7, 11) is 1.40.